The Bertz CT molecular complexity index is 566. The van der Waals surface area contributed by atoms with Gasteiger partial charge in [-0.15, -0.1) is 0 Å². The molecule has 2 aromatic heterocycles. The summed E-state index contributed by atoms with van der Waals surface area (Å²) in [5.41, 5.74) is 7.79. The quantitative estimate of drug-likeness (QED) is 0.876. The van der Waals surface area contributed by atoms with E-state index < -0.39 is 6.04 Å². The van der Waals surface area contributed by atoms with Crippen LogP contribution in [0.1, 0.15) is 24.1 Å². The largest absolute Gasteiger partial charge is 0.337 e. The minimum absolute atomic E-state index is 0.0997. The van der Waals surface area contributed by atoms with Gasteiger partial charge in [0.1, 0.15) is 6.04 Å². The van der Waals surface area contributed by atoms with E-state index in [1.165, 1.54) is 0 Å². The van der Waals surface area contributed by atoms with Crippen molar-refractivity contribution in [2.45, 2.75) is 19.5 Å². The van der Waals surface area contributed by atoms with E-state index in [0.717, 1.165) is 11.1 Å². The van der Waals surface area contributed by atoms with E-state index in [-0.39, 0.29) is 5.91 Å². The molecule has 2 heterocycles. The molecule has 1 atom stereocenters. The molecule has 0 aromatic carbocycles. The van der Waals surface area contributed by atoms with Crippen LogP contribution in [-0.2, 0) is 18.4 Å². The van der Waals surface area contributed by atoms with E-state index in [4.69, 9.17) is 5.73 Å². The summed E-state index contributed by atoms with van der Waals surface area (Å²) in [4.78, 5) is 18.1. The summed E-state index contributed by atoms with van der Waals surface area (Å²) in [6.45, 7) is 3.08. The van der Waals surface area contributed by atoms with E-state index in [1.54, 1.807) is 41.4 Å². The molecule has 0 aliphatic heterocycles. The van der Waals surface area contributed by atoms with Crippen LogP contribution in [0, 0.1) is 0 Å². The number of pyridine rings is 1. The zero-order chi connectivity index (χ0) is 14.5. The predicted octanol–water partition coefficient (Wildman–Crippen LogP) is 0.864. The molecular weight excluding hydrogens is 254 g/mol. The number of nitrogens with two attached hydrogens (primary N) is 1. The maximum Gasteiger partial charge on any atom is 0.244 e. The Morgan fingerprint density at radius 3 is 2.70 bits per heavy atom. The molecular formula is C14H19N5O. The Balaban J connectivity index is 2.09. The standard InChI is InChI=1S/C14H19N5O/c1-3-19(9-11-4-6-16-7-5-11)14(20)13(15)12-8-17-18(2)10-12/h4-8,10,13H,3,9,15H2,1-2H3. The molecule has 2 rings (SSSR count). The van der Waals surface area contributed by atoms with Crippen molar-refractivity contribution in [1.29, 1.82) is 0 Å². The van der Waals surface area contributed by atoms with Gasteiger partial charge >= 0.3 is 0 Å². The molecule has 0 aliphatic carbocycles. The molecule has 6 nitrogen and oxygen atoms in total. The van der Waals surface area contributed by atoms with Crippen molar-refractivity contribution in [1.82, 2.24) is 19.7 Å². The molecule has 6 heteroatoms. The lowest BCUT2D eigenvalue weighted by Gasteiger charge is -2.24. The number of hydrogen-bond donors (Lipinski definition) is 1. The van der Waals surface area contributed by atoms with Gasteiger partial charge in [-0.2, -0.15) is 5.10 Å². The molecule has 0 saturated carbocycles. The third-order valence-electron chi connectivity index (χ3n) is 3.17. The smallest absolute Gasteiger partial charge is 0.244 e. The van der Waals surface area contributed by atoms with Crippen LogP contribution in [0.15, 0.2) is 36.9 Å². The first-order valence-electron chi connectivity index (χ1n) is 6.53. The van der Waals surface area contributed by atoms with Crippen LogP contribution in [0.3, 0.4) is 0 Å². The Morgan fingerprint density at radius 2 is 2.15 bits per heavy atom. The molecule has 2 aromatic rings. The molecule has 0 bridgehead atoms. The molecule has 106 valence electrons. The summed E-state index contributed by atoms with van der Waals surface area (Å²) in [5, 5.41) is 4.05. The van der Waals surface area contributed by atoms with Crippen LogP contribution >= 0.6 is 0 Å². The van der Waals surface area contributed by atoms with E-state index in [1.807, 2.05) is 19.1 Å². The fourth-order valence-corrected chi connectivity index (χ4v) is 1.99. The first kappa shape index (κ1) is 14.2. The van der Waals surface area contributed by atoms with Gasteiger partial charge in [0, 0.05) is 44.3 Å². The number of nitrogens with zero attached hydrogens (tertiary/aromatic N) is 4. The number of carbonyl (C=O) groups excluding carboxylic acids is 1. The summed E-state index contributed by atoms with van der Waals surface area (Å²) in [5.74, 6) is -0.0997. The number of aromatic nitrogens is 3. The lowest BCUT2D eigenvalue weighted by molar-refractivity contribution is -0.133. The van der Waals surface area contributed by atoms with Gasteiger partial charge in [-0.1, -0.05) is 0 Å². The molecule has 0 saturated heterocycles. The van der Waals surface area contributed by atoms with Crippen molar-refractivity contribution < 1.29 is 4.79 Å². The van der Waals surface area contributed by atoms with Gasteiger partial charge in [-0.3, -0.25) is 14.5 Å². The maximum absolute atomic E-state index is 12.4. The highest BCUT2D eigenvalue weighted by Gasteiger charge is 2.22. The molecule has 0 radical (unpaired) electrons. The third kappa shape index (κ3) is 3.21. The fourth-order valence-electron chi connectivity index (χ4n) is 1.99. The Morgan fingerprint density at radius 1 is 1.45 bits per heavy atom. The van der Waals surface area contributed by atoms with Gasteiger partial charge in [0.15, 0.2) is 0 Å². The lowest BCUT2D eigenvalue weighted by Crippen LogP contribution is -2.37. The van der Waals surface area contributed by atoms with E-state index >= 15 is 0 Å². The van der Waals surface area contributed by atoms with Gasteiger partial charge in [0.25, 0.3) is 0 Å². The second kappa shape index (κ2) is 6.29. The monoisotopic (exact) mass is 273 g/mol. The first-order chi connectivity index (χ1) is 9.61. The summed E-state index contributed by atoms with van der Waals surface area (Å²) in [6, 6.07) is 3.11. The van der Waals surface area contributed by atoms with Crippen molar-refractivity contribution in [2.24, 2.45) is 12.8 Å². The minimum Gasteiger partial charge on any atom is -0.337 e. The topological polar surface area (TPSA) is 77.0 Å². The summed E-state index contributed by atoms with van der Waals surface area (Å²) >= 11 is 0. The van der Waals surface area contributed by atoms with E-state index in [0.29, 0.717) is 13.1 Å². The molecule has 2 N–H and O–H groups in total. The highest BCUT2D eigenvalue weighted by atomic mass is 16.2. The number of hydrogen-bond acceptors (Lipinski definition) is 4. The first-order valence-corrected chi connectivity index (χ1v) is 6.53. The van der Waals surface area contributed by atoms with Gasteiger partial charge in [0.2, 0.25) is 5.91 Å². The second-order valence-electron chi connectivity index (χ2n) is 4.63. The van der Waals surface area contributed by atoms with Gasteiger partial charge in [0.05, 0.1) is 6.20 Å². The number of amides is 1. The maximum atomic E-state index is 12.4. The molecule has 0 fully saturated rings. The zero-order valence-electron chi connectivity index (χ0n) is 11.7. The molecule has 1 unspecified atom stereocenters. The van der Waals surface area contributed by atoms with E-state index in [2.05, 4.69) is 10.1 Å². The van der Waals surface area contributed by atoms with Crippen LogP contribution in [0.4, 0.5) is 0 Å². The average molecular weight is 273 g/mol. The fraction of sp³-hybridized carbons (Fsp3) is 0.357. The van der Waals surface area contributed by atoms with Crippen LogP contribution in [0.25, 0.3) is 0 Å². The van der Waals surface area contributed by atoms with Crippen LogP contribution in [0.5, 0.6) is 0 Å². The molecule has 0 aliphatic rings. The van der Waals surface area contributed by atoms with Crippen molar-refractivity contribution in [3.63, 3.8) is 0 Å². The molecule has 20 heavy (non-hydrogen) atoms. The van der Waals surface area contributed by atoms with Crippen LogP contribution < -0.4 is 5.73 Å². The highest BCUT2D eigenvalue weighted by molar-refractivity contribution is 5.82. The summed E-state index contributed by atoms with van der Waals surface area (Å²) < 4.78 is 1.64. The Labute approximate surface area is 118 Å². The van der Waals surface area contributed by atoms with Crippen molar-refractivity contribution in [2.75, 3.05) is 6.54 Å². The number of likely N-dealkylation sites (N-methyl/N-ethyl adjacent to an activating group) is 1. The van der Waals surface area contributed by atoms with Crippen molar-refractivity contribution in [3.05, 3.63) is 48.0 Å². The SMILES string of the molecule is CCN(Cc1ccncc1)C(=O)C(N)c1cnn(C)c1. The Kier molecular flexibility index (Phi) is 4.47. The predicted molar refractivity (Wildman–Crippen MR) is 75.5 cm³/mol. The highest BCUT2D eigenvalue weighted by Crippen LogP contribution is 2.14. The zero-order valence-corrected chi connectivity index (χ0v) is 11.7. The Hall–Kier alpha value is -2.21. The van der Waals surface area contributed by atoms with Gasteiger partial charge in [-0.25, -0.2) is 0 Å². The van der Waals surface area contributed by atoms with Crippen LogP contribution in [0.2, 0.25) is 0 Å². The van der Waals surface area contributed by atoms with Gasteiger partial charge < -0.3 is 10.6 Å². The van der Waals surface area contributed by atoms with E-state index in [9.17, 15) is 4.79 Å². The molecule has 0 spiro atoms. The minimum atomic E-state index is -0.675. The van der Waals surface area contributed by atoms with Gasteiger partial charge in [-0.05, 0) is 24.6 Å². The number of aryl methyl sites for hydroxylation is 1. The number of rotatable bonds is 5. The second-order valence-corrected chi connectivity index (χ2v) is 4.63. The lowest BCUT2D eigenvalue weighted by atomic mass is 10.1. The summed E-state index contributed by atoms with van der Waals surface area (Å²) in [6.07, 6.45) is 6.83. The normalized spacial score (nSPS) is 12.2. The van der Waals surface area contributed by atoms with Crippen molar-refractivity contribution >= 4 is 5.91 Å². The molecule has 1 amide bonds. The van der Waals surface area contributed by atoms with Crippen molar-refractivity contribution in [3.8, 4) is 0 Å². The average Bonchev–Trinajstić information content (AvgIpc) is 2.91. The third-order valence-corrected chi connectivity index (χ3v) is 3.17. The summed E-state index contributed by atoms with van der Waals surface area (Å²) in [7, 11) is 1.80. The number of carbonyl (C=O) groups is 1. The van der Waals surface area contributed by atoms with Crippen LogP contribution in [-0.4, -0.2) is 32.1 Å².